The van der Waals surface area contributed by atoms with Gasteiger partial charge >= 0.3 is 5.97 Å². The topological polar surface area (TPSA) is 26.3 Å². The molecular formula is C11H11ClO2S. The van der Waals surface area contributed by atoms with Crippen LogP contribution in [0.5, 0.6) is 0 Å². The van der Waals surface area contributed by atoms with Crippen LogP contribution in [0, 0.1) is 5.92 Å². The van der Waals surface area contributed by atoms with Crippen molar-refractivity contribution in [2.75, 3.05) is 7.11 Å². The first-order valence-electron chi connectivity index (χ1n) is 4.72. The van der Waals surface area contributed by atoms with Crippen molar-refractivity contribution in [1.29, 1.82) is 0 Å². The normalized spacial score (nSPS) is 23.6. The van der Waals surface area contributed by atoms with Crippen molar-refractivity contribution < 1.29 is 9.53 Å². The molecule has 1 aliphatic rings. The van der Waals surface area contributed by atoms with Crippen molar-refractivity contribution in [2.45, 2.75) is 17.2 Å². The first-order valence-corrected chi connectivity index (χ1v) is 6.37. The van der Waals surface area contributed by atoms with Gasteiger partial charge in [-0.25, -0.2) is 0 Å². The van der Waals surface area contributed by atoms with Crippen LogP contribution in [-0.4, -0.2) is 13.1 Å². The van der Waals surface area contributed by atoms with Gasteiger partial charge in [-0.15, -0.1) is 0 Å². The highest BCUT2D eigenvalue weighted by Gasteiger charge is 2.44. The van der Waals surface area contributed by atoms with E-state index in [2.05, 4.69) is 0 Å². The Balaban J connectivity index is 2.04. The summed E-state index contributed by atoms with van der Waals surface area (Å²) in [6.07, 6.45) is 0.903. The number of ether oxygens (including phenoxy) is 1. The van der Waals surface area contributed by atoms with Gasteiger partial charge < -0.3 is 4.74 Å². The van der Waals surface area contributed by atoms with Crippen LogP contribution in [0.4, 0.5) is 0 Å². The quantitative estimate of drug-likeness (QED) is 0.762. The predicted octanol–water partition coefficient (Wildman–Crippen LogP) is 3.21. The summed E-state index contributed by atoms with van der Waals surface area (Å²) in [5.41, 5.74) is 1.19. The van der Waals surface area contributed by atoms with Crippen LogP contribution in [0.3, 0.4) is 0 Å². The van der Waals surface area contributed by atoms with Crippen molar-refractivity contribution in [3.05, 3.63) is 29.8 Å². The first-order chi connectivity index (χ1) is 7.26. The predicted molar refractivity (Wildman–Crippen MR) is 61.0 cm³/mol. The molecule has 15 heavy (non-hydrogen) atoms. The minimum atomic E-state index is -0.101. The molecule has 1 aromatic carbocycles. The van der Waals surface area contributed by atoms with E-state index in [0.29, 0.717) is 5.92 Å². The summed E-state index contributed by atoms with van der Waals surface area (Å²) in [7, 11) is 8.26. The molecule has 2 rings (SSSR count). The standard InChI is InChI=1S/C11H11ClO2S/c1-14-11(13)10-6-9(10)7-2-4-8(15-12)5-3-7/h2-5,9-10H,6H2,1H3. The fraction of sp³-hybridized carbons (Fsp3) is 0.364. The van der Waals surface area contributed by atoms with Gasteiger partial charge in [0.1, 0.15) is 0 Å². The summed E-state index contributed by atoms with van der Waals surface area (Å²) in [5.74, 6) is 0.298. The number of rotatable bonds is 3. The van der Waals surface area contributed by atoms with Crippen LogP contribution < -0.4 is 0 Å². The highest BCUT2D eigenvalue weighted by atomic mass is 35.7. The number of carbonyl (C=O) groups excluding carboxylic acids is 1. The number of halogens is 1. The van der Waals surface area contributed by atoms with E-state index in [0.717, 1.165) is 11.3 Å². The third-order valence-electron chi connectivity index (χ3n) is 2.69. The maximum Gasteiger partial charge on any atom is 0.309 e. The molecule has 0 aromatic heterocycles. The van der Waals surface area contributed by atoms with Crippen LogP contribution in [0.15, 0.2) is 29.2 Å². The van der Waals surface area contributed by atoms with Gasteiger partial charge in [-0.3, -0.25) is 4.79 Å². The number of carbonyl (C=O) groups is 1. The lowest BCUT2D eigenvalue weighted by Crippen LogP contribution is -2.03. The van der Waals surface area contributed by atoms with Gasteiger partial charge in [-0.2, -0.15) is 0 Å². The second kappa shape index (κ2) is 4.45. The molecule has 1 saturated carbocycles. The van der Waals surface area contributed by atoms with Crippen LogP contribution in [-0.2, 0) is 9.53 Å². The lowest BCUT2D eigenvalue weighted by molar-refractivity contribution is -0.142. The molecule has 4 heteroatoms. The number of esters is 1. The van der Waals surface area contributed by atoms with Gasteiger partial charge in [0.05, 0.1) is 13.0 Å². The third-order valence-corrected chi connectivity index (χ3v) is 3.68. The van der Waals surface area contributed by atoms with E-state index < -0.39 is 0 Å². The van der Waals surface area contributed by atoms with E-state index in [-0.39, 0.29) is 11.9 Å². The Kier molecular flexibility index (Phi) is 3.22. The number of benzene rings is 1. The summed E-state index contributed by atoms with van der Waals surface area (Å²) in [5, 5.41) is 0. The molecule has 0 bridgehead atoms. The molecule has 1 aromatic rings. The van der Waals surface area contributed by atoms with Gasteiger partial charge in [0.15, 0.2) is 0 Å². The van der Waals surface area contributed by atoms with Crippen molar-refractivity contribution in [1.82, 2.24) is 0 Å². The average Bonchev–Trinajstić information content (AvgIpc) is 3.08. The molecule has 0 amide bonds. The zero-order chi connectivity index (χ0) is 10.8. The van der Waals surface area contributed by atoms with Gasteiger partial charge in [0, 0.05) is 4.90 Å². The molecule has 0 N–H and O–H groups in total. The average molecular weight is 243 g/mol. The van der Waals surface area contributed by atoms with Gasteiger partial charge in [0.25, 0.3) is 0 Å². The van der Waals surface area contributed by atoms with E-state index in [9.17, 15) is 4.79 Å². The summed E-state index contributed by atoms with van der Waals surface area (Å²) in [4.78, 5) is 12.3. The van der Waals surface area contributed by atoms with Crippen molar-refractivity contribution >= 4 is 27.6 Å². The van der Waals surface area contributed by atoms with E-state index in [1.165, 1.54) is 23.6 Å². The lowest BCUT2D eigenvalue weighted by Gasteiger charge is -2.00. The first kappa shape index (κ1) is 10.8. The van der Waals surface area contributed by atoms with E-state index in [4.69, 9.17) is 15.4 Å². The molecule has 2 nitrogen and oxygen atoms in total. The van der Waals surface area contributed by atoms with Crippen molar-refractivity contribution in [3.63, 3.8) is 0 Å². The van der Waals surface area contributed by atoms with E-state index >= 15 is 0 Å². The number of methoxy groups -OCH3 is 1. The highest BCUT2D eigenvalue weighted by Crippen LogP contribution is 2.48. The minimum Gasteiger partial charge on any atom is -0.469 e. The Bertz CT molecular complexity index is 363. The molecule has 0 heterocycles. The molecule has 1 aliphatic carbocycles. The van der Waals surface area contributed by atoms with Crippen molar-refractivity contribution in [2.24, 2.45) is 5.92 Å². The Labute approximate surface area is 97.5 Å². The molecular weight excluding hydrogens is 232 g/mol. The van der Waals surface area contributed by atoms with E-state index in [1.807, 2.05) is 24.3 Å². The molecule has 2 atom stereocenters. The zero-order valence-electron chi connectivity index (χ0n) is 8.27. The SMILES string of the molecule is COC(=O)C1CC1c1ccc(SCl)cc1. The number of hydrogen-bond acceptors (Lipinski definition) is 3. The molecule has 2 unspecified atom stereocenters. The maximum absolute atomic E-state index is 11.2. The highest BCUT2D eigenvalue weighted by molar-refractivity contribution is 8.21. The smallest absolute Gasteiger partial charge is 0.309 e. The number of hydrogen-bond donors (Lipinski definition) is 0. The monoisotopic (exact) mass is 242 g/mol. The molecule has 1 fully saturated rings. The Hall–Kier alpha value is -0.670. The molecule has 0 saturated heterocycles. The van der Waals surface area contributed by atoms with E-state index in [1.54, 1.807) is 0 Å². The van der Waals surface area contributed by atoms with Crippen LogP contribution >= 0.6 is 21.7 Å². The third kappa shape index (κ3) is 2.29. The molecule has 0 aliphatic heterocycles. The Morgan fingerprint density at radius 1 is 1.47 bits per heavy atom. The van der Waals surface area contributed by atoms with Gasteiger partial charge in [0.2, 0.25) is 0 Å². The van der Waals surface area contributed by atoms with Gasteiger partial charge in [-0.05, 0) is 51.7 Å². The van der Waals surface area contributed by atoms with Gasteiger partial charge in [-0.1, -0.05) is 12.1 Å². The van der Waals surface area contributed by atoms with Crippen LogP contribution in [0.1, 0.15) is 17.9 Å². The summed E-state index contributed by atoms with van der Waals surface area (Å²) in [6.45, 7) is 0. The Morgan fingerprint density at radius 3 is 2.67 bits per heavy atom. The largest absolute Gasteiger partial charge is 0.469 e. The van der Waals surface area contributed by atoms with Crippen molar-refractivity contribution in [3.8, 4) is 0 Å². The maximum atomic E-state index is 11.2. The van der Waals surface area contributed by atoms with Crippen LogP contribution in [0.2, 0.25) is 0 Å². The molecule has 0 radical (unpaired) electrons. The minimum absolute atomic E-state index is 0.0597. The van der Waals surface area contributed by atoms with Crippen LogP contribution in [0.25, 0.3) is 0 Å². The zero-order valence-corrected chi connectivity index (χ0v) is 9.85. The second-order valence-electron chi connectivity index (χ2n) is 3.62. The second-order valence-corrected chi connectivity index (χ2v) is 4.71. The molecule has 80 valence electrons. The summed E-state index contributed by atoms with van der Waals surface area (Å²) >= 11 is 0. The molecule has 0 spiro atoms. The summed E-state index contributed by atoms with van der Waals surface area (Å²) < 4.78 is 4.71. The fourth-order valence-corrected chi connectivity index (χ4v) is 2.29. The fourth-order valence-electron chi connectivity index (χ4n) is 1.74. The Morgan fingerprint density at radius 2 is 2.13 bits per heavy atom. The lowest BCUT2D eigenvalue weighted by atomic mass is 10.1. The summed E-state index contributed by atoms with van der Waals surface area (Å²) in [6, 6.07) is 8.00.